The van der Waals surface area contributed by atoms with Crippen molar-refractivity contribution in [3.8, 4) is 0 Å². The van der Waals surface area contributed by atoms with Crippen molar-refractivity contribution in [3.05, 3.63) is 18.2 Å². The number of rotatable bonds is 6. The summed E-state index contributed by atoms with van der Waals surface area (Å²) >= 11 is 0. The highest BCUT2D eigenvalue weighted by Crippen LogP contribution is 2.29. The molecular formula is C16H29N3. The summed E-state index contributed by atoms with van der Waals surface area (Å²) in [6, 6.07) is 1.24. The third-order valence-corrected chi connectivity index (χ3v) is 4.22. The monoisotopic (exact) mass is 263 g/mol. The van der Waals surface area contributed by atoms with E-state index in [4.69, 9.17) is 0 Å². The van der Waals surface area contributed by atoms with Crippen molar-refractivity contribution in [2.24, 2.45) is 0 Å². The Balaban J connectivity index is 2.13. The second-order valence-corrected chi connectivity index (χ2v) is 5.77. The van der Waals surface area contributed by atoms with Crippen LogP contribution in [0.1, 0.15) is 70.7 Å². The van der Waals surface area contributed by atoms with Gasteiger partial charge in [0.2, 0.25) is 0 Å². The maximum atomic E-state index is 4.56. The average molecular weight is 263 g/mol. The first-order valence-electron chi connectivity index (χ1n) is 8.11. The maximum absolute atomic E-state index is 4.56. The van der Waals surface area contributed by atoms with E-state index in [0.29, 0.717) is 12.1 Å². The first-order valence-corrected chi connectivity index (χ1v) is 8.11. The molecule has 0 amide bonds. The molecule has 0 radical (unpaired) electrons. The highest BCUT2D eigenvalue weighted by atomic mass is 15.1. The van der Waals surface area contributed by atoms with Gasteiger partial charge < -0.3 is 9.88 Å². The van der Waals surface area contributed by atoms with E-state index in [1.807, 2.05) is 6.20 Å². The van der Waals surface area contributed by atoms with Crippen LogP contribution in [0.5, 0.6) is 0 Å². The molecule has 1 saturated carbocycles. The number of imidazole rings is 1. The van der Waals surface area contributed by atoms with E-state index < -0.39 is 0 Å². The molecule has 2 unspecified atom stereocenters. The third kappa shape index (κ3) is 3.82. The summed E-state index contributed by atoms with van der Waals surface area (Å²) in [6.07, 6.45) is 14.4. The van der Waals surface area contributed by atoms with Crippen LogP contribution in [-0.4, -0.2) is 22.1 Å². The second kappa shape index (κ2) is 7.68. The molecule has 0 spiro atoms. The number of hydrogen-bond acceptors (Lipinski definition) is 2. The Kier molecular flexibility index (Phi) is 5.90. The molecule has 2 atom stereocenters. The zero-order valence-corrected chi connectivity index (χ0v) is 12.6. The topological polar surface area (TPSA) is 29.9 Å². The van der Waals surface area contributed by atoms with Gasteiger partial charge in [0, 0.05) is 24.9 Å². The van der Waals surface area contributed by atoms with Gasteiger partial charge in [-0.1, -0.05) is 33.1 Å². The van der Waals surface area contributed by atoms with Gasteiger partial charge in [0.15, 0.2) is 0 Å². The zero-order chi connectivity index (χ0) is 13.5. The molecule has 3 heteroatoms. The normalized spacial score (nSPS) is 24.3. The Hall–Kier alpha value is -0.830. The fourth-order valence-electron chi connectivity index (χ4n) is 3.25. The highest BCUT2D eigenvalue weighted by Gasteiger charge is 2.25. The van der Waals surface area contributed by atoms with Crippen LogP contribution in [0, 0.1) is 0 Å². The van der Waals surface area contributed by atoms with Gasteiger partial charge >= 0.3 is 0 Å². The zero-order valence-electron chi connectivity index (χ0n) is 12.6. The fraction of sp³-hybridized carbons (Fsp3) is 0.812. The van der Waals surface area contributed by atoms with Gasteiger partial charge in [-0.05, 0) is 32.2 Å². The summed E-state index contributed by atoms with van der Waals surface area (Å²) in [7, 11) is 0. The molecule has 1 aliphatic rings. The first-order chi connectivity index (χ1) is 9.36. The van der Waals surface area contributed by atoms with Crippen LogP contribution in [0.25, 0.3) is 0 Å². The van der Waals surface area contributed by atoms with Crippen molar-refractivity contribution in [2.75, 3.05) is 6.54 Å². The molecular weight excluding hydrogens is 234 g/mol. The quantitative estimate of drug-likeness (QED) is 0.793. The van der Waals surface area contributed by atoms with Crippen molar-refractivity contribution in [3.63, 3.8) is 0 Å². The van der Waals surface area contributed by atoms with Crippen LogP contribution in [0.2, 0.25) is 0 Å². The lowest BCUT2D eigenvalue weighted by molar-refractivity contribution is 0.324. The lowest BCUT2D eigenvalue weighted by Gasteiger charge is -2.29. The molecule has 0 aliphatic heterocycles. The summed E-state index contributed by atoms with van der Waals surface area (Å²) < 4.78 is 2.46. The third-order valence-electron chi connectivity index (χ3n) is 4.22. The number of aromatic nitrogens is 2. The number of nitrogens with one attached hydrogen (secondary N) is 1. The van der Waals surface area contributed by atoms with E-state index in [-0.39, 0.29) is 0 Å². The summed E-state index contributed by atoms with van der Waals surface area (Å²) in [4.78, 5) is 4.56. The second-order valence-electron chi connectivity index (χ2n) is 5.77. The van der Waals surface area contributed by atoms with Crippen molar-refractivity contribution in [1.82, 2.24) is 14.9 Å². The SMILES string of the molecule is CCCNC1CCCCCC1n1ccnc1CCC. The van der Waals surface area contributed by atoms with Crippen LogP contribution in [0.3, 0.4) is 0 Å². The van der Waals surface area contributed by atoms with Crippen LogP contribution in [0.4, 0.5) is 0 Å². The maximum Gasteiger partial charge on any atom is 0.108 e. The van der Waals surface area contributed by atoms with Gasteiger partial charge in [-0.25, -0.2) is 4.98 Å². The minimum Gasteiger partial charge on any atom is -0.330 e. The number of hydrogen-bond donors (Lipinski definition) is 1. The van der Waals surface area contributed by atoms with E-state index in [0.717, 1.165) is 13.0 Å². The van der Waals surface area contributed by atoms with Crippen LogP contribution in [-0.2, 0) is 6.42 Å². The van der Waals surface area contributed by atoms with Crippen molar-refractivity contribution in [2.45, 2.75) is 77.3 Å². The van der Waals surface area contributed by atoms with Crippen molar-refractivity contribution >= 4 is 0 Å². The lowest BCUT2D eigenvalue weighted by atomic mass is 10.0. The van der Waals surface area contributed by atoms with Gasteiger partial charge in [-0.3, -0.25) is 0 Å². The minimum atomic E-state index is 0.609. The first kappa shape index (κ1) is 14.6. The predicted molar refractivity (Wildman–Crippen MR) is 80.4 cm³/mol. The molecule has 2 rings (SSSR count). The fourth-order valence-corrected chi connectivity index (χ4v) is 3.25. The molecule has 1 N–H and O–H groups in total. The van der Waals surface area contributed by atoms with E-state index in [1.54, 1.807) is 0 Å². The summed E-state index contributed by atoms with van der Waals surface area (Å²) in [5.74, 6) is 1.28. The van der Waals surface area contributed by atoms with Crippen molar-refractivity contribution in [1.29, 1.82) is 0 Å². The summed E-state index contributed by atoms with van der Waals surface area (Å²) in [5, 5.41) is 3.77. The van der Waals surface area contributed by atoms with Crippen molar-refractivity contribution < 1.29 is 0 Å². The molecule has 1 aliphatic carbocycles. The Morgan fingerprint density at radius 1 is 1.21 bits per heavy atom. The lowest BCUT2D eigenvalue weighted by Crippen LogP contribution is -2.37. The Bertz CT molecular complexity index is 359. The standard InChI is InChI=1S/C16H29N3/c1-3-8-16-18-12-13-19(16)15-10-7-5-6-9-14(15)17-11-4-2/h12-15,17H,3-11H2,1-2H3. The van der Waals surface area contributed by atoms with Gasteiger partial charge in [0.05, 0.1) is 6.04 Å². The smallest absolute Gasteiger partial charge is 0.108 e. The van der Waals surface area contributed by atoms with Gasteiger partial charge in [-0.2, -0.15) is 0 Å². The molecule has 0 saturated heterocycles. The number of aryl methyl sites for hydroxylation is 1. The van der Waals surface area contributed by atoms with E-state index in [9.17, 15) is 0 Å². The summed E-state index contributed by atoms with van der Waals surface area (Å²) in [5.41, 5.74) is 0. The average Bonchev–Trinajstić information content (AvgIpc) is 2.74. The Labute approximate surface area is 117 Å². The highest BCUT2D eigenvalue weighted by molar-refractivity contribution is 4.99. The van der Waals surface area contributed by atoms with Crippen LogP contribution >= 0.6 is 0 Å². The predicted octanol–water partition coefficient (Wildman–Crippen LogP) is 3.71. The molecule has 1 aromatic rings. The summed E-state index contributed by atoms with van der Waals surface area (Å²) in [6.45, 7) is 5.62. The molecule has 0 bridgehead atoms. The van der Waals surface area contributed by atoms with Gasteiger partial charge in [-0.15, -0.1) is 0 Å². The molecule has 1 fully saturated rings. The van der Waals surface area contributed by atoms with Gasteiger partial charge in [0.1, 0.15) is 5.82 Å². The largest absolute Gasteiger partial charge is 0.330 e. The van der Waals surface area contributed by atoms with Crippen LogP contribution in [0.15, 0.2) is 12.4 Å². The molecule has 1 heterocycles. The van der Waals surface area contributed by atoms with Gasteiger partial charge in [0.25, 0.3) is 0 Å². The number of nitrogens with zero attached hydrogens (tertiary/aromatic N) is 2. The van der Waals surface area contributed by atoms with E-state index in [1.165, 1.54) is 50.8 Å². The molecule has 108 valence electrons. The molecule has 0 aromatic carbocycles. The van der Waals surface area contributed by atoms with Crippen LogP contribution < -0.4 is 5.32 Å². The Morgan fingerprint density at radius 2 is 2.05 bits per heavy atom. The van der Waals surface area contributed by atoms with E-state index in [2.05, 4.69) is 34.9 Å². The minimum absolute atomic E-state index is 0.609. The Morgan fingerprint density at radius 3 is 2.84 bits per heavy atom. The molecule has 1 aromatic heterocycles. The molecule has 19 heavy (non-hydrogen) atoms. The van der Waals surface area contributed by atoms with E-state index >= 15 is 0 Å². The molecule has 3 nitrogen and oxygen atoms in total.